The quantitative estimate of drug-likeness (QED) is 0.597. The Morgan fingerprint density at radius 3 is 2.31 bits per heavy atom. The van der Waals surface area contributed by atoms with E-state index in [1.165, 1.54) is 6.92 Å². The number of carbonyl (C=O) groups excluding carboxylic acids is 2. The maximum absolute atomic E-state index is 11.6. The van der Waals surface area contributed by atoms with Crippen LogP contribution in [0.3, 0.4) is 0 Å². The Balaban J connectivity index is 0.00000225. The van der Waals surface area contributed by atoms with Crippen LogP contribution in [0.4, 0.5) is 0 Å². The first-order chi connectivity index (χ1) is 7.20. The number of amides is 2. The summed E-state index contributed by atoms with van der Waals surface area (Å²) in [5.74, 6) is 0.191. The van der Waals surface area contributed by atoms with Crippen LogP contribution in [0, 0.1) is 5.92 Å². The molecule has 0 saturated carbocycles. The minimum Gasteiger partial charge on any atom is -0.355 e. The lowest BCUT2D eigenvalue weighted by Crippen LogP contribution is -2.40. The van der Waals surface area contributed by atoms with Crippen LogP contribution >= 0.6 is 12.4 Å². The molecule has 0 radical (unpaired) electrons. The van der Waals surface area contributed by atoms with Crippen molar-refractivity contribution in [3.8, 4) is 0 Å². The third-order valence-corrected chi connectivity index (χ3v) is 2.51. The van der Waals surface area contributed by atoms with Crippen molar-refractivity contribution in [3.63, 3.8) is 0 Å². The van der Waals surface area contributed by atoms with Crippen molar-refractivity contribution in [2.45, 2.75) is 19.8 Å². The normalized spacial score (nSPS) is 16.1. The largest absolute Gasteiger partial charge is 0.355 e. The van der Waals surface area contributed by atoms with Gasteiger partial charge in [-0.25, -0.2) is 0 Å². The molecular weight excluding hydrogens is 230 g/mol. The van der Waals surface area contributed by atoms with Crippen molar-refractivity contribution in [1.82, 2.24) is 16.0 Å². The summed E-state index contributed by atoms with van der Waals surface area (Å²) in [5.41, 5.74) is 0. The second-order valence-corrected chi connectivity index (χ2v) is 3.80. The fourth-order valence-corrected chi connectivity index (χ4v) is 1.65. The Hall–Kier alpha value is -0.810. The minimum absolute atomic E-state index is 0. The molecule has 6 heteroatoms. The zero-order valence-corrected chi connectivity index (χ0v) is 10.4. The van der Waals surface area contributed by atoms with Gasteiger partial charge in [-0.3, -0.25) is 9.59 Å². The van der Waals surface area contributed by atoms with Crippen LogP contribution in [0.2, 0.25) is 0 Å². The van der Waals surface area contributed by atoms with Crippen LogP contribution in [0.1, 0.15) is 19.8 Å². The van der Waals surface area contributed by atoms with E-state index < -0.39 is 0 Å². The van der Waals surface area contributed by atoms with Gasteiger partial charge in [0.2, 0.25) is 11.8 Å². The molecule has 0 aromatic rings. The molecule has 0 aliphatic carbocycles. The molecule has 16 heavy (non-hydrogen) atoms. The highest BCUT2D eigenvalue weighted by atomic mass is 35.5. The average Bonchev–Trinajstić information content (AvgIpc) is 2.25. The van der Waals surface area contributed by atoms with E-state index in [9.17, 15) is 9.59 Å². The second kappa shape index (κ2) is 8.35. The van der Waals surface area contributed by atoms with Crippen LogP contribution in [0.25, 0.3) is 0 Å². The highest BCUT2D eigenvalue weighted by Gasteiger charge is 2.19. The van der Waals surface area contributed by atoms with Gasteiger partial charge in [0.15, 0.2) is 0 Å². The topological polar surface area (TPSA) is 70.2 Å². The second-order valence-electron chi connectivity index (χ2n) is 3.80. The third-order valence-electron chi connectivity index (χ3n) is 2.51. The van der Waals surface area contributed by atoms with Gasteiger partial charge in [-0.1, -0.05) is 0 Å². The van der Waals surface area contributed by atoms with Crippen molar-refractivity contribution in [3.05, 3.63) is 0 Å². The van der Waals surface area contributed by atoms with Crippen molar-refractivity contribution >= 4 is 24.2 Å². The molecule has 1 rings (SSSR count). The molecule has 0 atom stereocenters. The molecule has 2 amide bonds. The van der Waals surface area contributed by atoms with Gasteiger partial charge in [-0.05, 0) is 25.9 Å². The van der Waals surface area contributed by atoms with Crippen molar-refractivity contribution < 1.29 is 9.59 Å². The van der Waals surface area contributed by atoms with E-state index in [4.69, 9.17) is 0 Å². The Labute approximate surface area is 102 Å². The van der Waals surface area contributed by atoms with Crippen LogP contribution in [-0.2, 0) is 9.59 Å². The molecule has 0 spiro atoms. The first-order valence-electron chi connectivity index (χ1n) is 5.43. The van der Waals surface area contributed by atoms with Gasteiger partial charge >= 0.3 is 0 Å². The van der Waals surface area contributed by atoms with E-state index in [0.717, 1.165) is 25.9 Å². The number of halogens is 1. The minimum atomic E-state index is -0.0638. The lowest BCUT2D eigenvalue weighted by Gasteiger charge is -2.21. The Morgan fingerprint density at radius 2 is 1.75 bits per heavy atom. The molecule has 0 bridgehead atoms. The fraction of sp³-hybridized carbons (Fsp3) is 0.800. The summed E-state index contributed by atoms with van der Waals surface area (Å²) in [6, 6.07) is 0. The predicted molar refractivity (Wildman–Crippen MR) is 64.5 cm³/mol. The smallest absolute Gasteiger partial charge is 0.223 e. The Bertz CT molecular complexity index is 230. The molecule has 0 unspecified atom stereocenters. The Kier molecular flexibility index (Phi) is 7.93. The number of hydrogen-bond acceptors (Lipinski definition) is 3. The predicted octanol–water partition coefficient (Wildman–Crippen LogP) is -0.340. The van der Waals surface area contributed by atoms with Crippen molar-refractivity contribution in [1.29, 1.82) is 0 Å². The maximum atomic E-state index is 11.6. The number of carbonyl (C=O) groups is 2. The lowest BCUT2D eigenvalue weighted by molar-refractivity contribution is -0.126. The summed E-state index contributed by atoms with van der Waals surface area (Å²) in [4.78, 5) is 22.1. The Morgan fingerprint density at radius 1 is 1.19 bits per heavy atom. The molecule has 94 valence electrons. The molecule has 1 heterocycles. The van der Waals surface area contributed by atoms with E-state index in [1.54, 1.807) is 0 Å². The van der Waals surface area contributed by atoms with E-state index in [1.807, 2.05) is 0 Å². The molecule has 1 aliphatic heterocycles. The van der Waals surface area contributed by atoms with Gasteiger partial charge in [0.25, 0.3) is 0 Å². The third kappa shape index (κ3) is 5.92. The van der Waals surface area contributed by atoms with Crippen LogP contribution < -0.4 is 16.0 Å². The average molecular weight is 250 g/mol. The zero-order chi connectivity index (χ0) is 11.1. The maximum Gasteiger partial charge on any atom is 0.223 e. The fourth-order valence-electron chi connectivity index (χ4n) is 1.65. The van der Waals surface area contributed by atoms with Gasteiger partial charge in [0, 0.05) is 25.9 Å². The first-order valence-corrected chi connectivity index (χ1v) is 5.43. The van der Waals surface area contributed by atoms with E-state index in [2.05, 4.69) is 16.0 Å². The van der Waals surface area contributed by atoms with Gasteiger partial charge in [-0.15, -0.1) is 12.4 Å². The number of piperidine rings is 1. The molecule has 0 aromatic heterocycles. The first kappa shape index (κ1) is 15.2. The summed E-state index contributed by atoms with van der Waals surface area (Å²) >= 11 is 0. The molecule has 5 nitrogen and oxygen atoms in total. The van der Waals surface area contributed by atoms with Crippen LogP contribution in [0.5, 0.6) is 0 Å². The van der Waals surface area contributed by atoms with Gasteiger partial charge in [0.05, 0.1) is 0 Å². The molecular formula is C10H20ClN3O2. The van der Waals surface area contributed by atoms with Crippen LogP contribution in [0.15, 0.2) is 0 Å². The molecule has 1 saturated heterocycles. The molecule has 1 fully saturated rings. The summed E-state index contributed by atoms with van der Waals surface area (Å²) in [6.45, 7) is 4.33. The number of rotatable bonds is 4. The number of hydrogen-bond donors (Lipinski definition) is 3. The monoisotopic (exact) mass is 249 g/mol. The number of nitrogens with one attached hydrogen (secondary N) is 3. The zero-order valence-electron chi connectivity index (χ0n) is 9.54. The van der Waals surface area contributed by atoms with Gasteiger partial charge < -0.3 is 16.0 Å². The van der Waals surface area contributed by atoms with Crippen molar-refractivity contribution in [2.75, 3.05) is 26.2 Å². The van der Waals surface area contributed by atoms with E-state index in [-0.39, 0.29) is 30.1 Å². The van der Waals surface area contributed by atoms with E-state index in [0.29, 0.717) is 13.1 Å². The molecule has 0 aromatic carbocycles. The SMILES string of the molecule is CC(=O)NCCNC(=O)C1CCNCC1.Cl. The summed E-state index contributed by atoms with van der Waals surface area (Å²) in [5, 5.41) is 8.68. The lowest BCUT2D eigenvalue weighted by atomic mass is 9.97. The summed E-state index contributed by atoms with van der Waals surface area (Å²) < 4.78 is 0. The highest BCUT2D eigenvalue weighted by molar-refractivity contribution is 5.85. The van der Waals surface area contributed by atoms with Crippen LogP contribution in [-0.4, -0.2) is 38.0 Å². The standard InChI is InChI=1S/C10H19N3O2.ClH/c1-8(14)12-6-7-13-10(15)9-2-4-11-5-3-9;/h9,11H,2-7H2,1H3,(H,12,14)(H,13,15);1H. The van der Waals surface area contributed by atoms with Gasteiger partial charge in [-0.2, -0.15) is 0 Å². The summed E-state index contributed by atoms with van der Waals surface area (Å²) in [7, 11) is 0. The van der Waals surface area contributed by atoms with Gasteiger partial charge in [0.1, 0.15) is 0 Å². The molecule has 3 N–H and O–H groups in total. The highest BCUT2D eigenvalue weighted by Crippen LogP contribution is 2.10. The summed E-state index contributed by atoms with van der Waals surface area (Å²) in [6.07, 6.45) is 1.82. The van der Waals surface area contributed by atoms with E-state index >= 15 is 0 Å². The molecule has 1 aliphatic rings. The van der Waals surface area contributed by atoms with Crippen molar-refractivity contribution in [2.24, 2.45) is 5.92 Å².